The highest BCUT2D eigenvalue weighted by molar-refractivity contribution is 5.71. The number of carboxylic acid groups (broad SMARTS) is 1. The van der Waals surface area contributed by atoms with Crippen LogP contribution in [-0.4, -0.2) is 53.3 Å². The van der Waals surface area contributed by atoms with Crippen molar-refractivity contribution < 1.29 is 19.4 Å². The van der Waals surface area contributed by atoms with Crippen molar-refractivity contribution in [2.45, 2.75) is 38.8 Å². The van der Waals surface area contributed by atoms with Gasteiger partial charge in [0.1, 0.15) is 5.60 Å². The molecule has 1 saturated heterocycles. The number of nitrogens with zero attached hydrogens (tertiary/aromatic N) is 2. The Morgan fingerprint density at radius 1 is 1.45 bits per heavy atom. The first-order valence-corrected chi connectivity index (χ1v) is 6.53. The molecule has 0 radical (unpaired) electrons. The minimum absolute atomic E-state index is 0.149. The zero-order valence-corrected chi connectivity index (χ0v) is 12.0. The lowest BCUT2D eigenvalue weighted by Crippen LogP contribution is -2.53. The van der Waals surface area contributed by atoms with Crippen LogP contribution in [0.1, 0.15) is 27.2 Å². The first-order valence-electron chi connectivity index (χ1n) is 6.53. The summed E-state index contributed by atoms with van der Waals surface area (Å²) in [6.45, 7) is 6.21. The van der Waals surface area contributed by atoms with E-state index in [1.165, 1.54) is 0 Å². The normalized spacial score (nSPS) is 23.7. The number of hydrogen-bond acceptors (Lipinski definition) is 5. The number of carbonyl (C=O) groups excluding carboxylic acids is 1. The summed E-state index contributed by atoms with van der Waals surface area (Å²) in [5, 5.41) is 20.5. The van der Waals surface area contributed by atoms with E-state index in [9.17, 15) is 9.59 Å². The van der Waals surface area contributed by atoms with Crippen molar-refractivity contribution in [3.05, 3.63) is 0 Å². The van der Waals surface area contributed by atoms with Crippen molar-refractivity contribution in [1.82, 2.24) is 10.2 Å². The number of carboxylic acids is 1. The SMILES string of the molecule is CC(C)(C)OC(=O)NC1CC(C(=O)O)CN(CC#N)C1. The predicted molar refractivity (Wildman–Crippen MR) is 71.0 cm³/mol. The Hall–Kier alpha value is -1.81. The molecule has 1 fully saturated rings. The molecule has 2 unspecified atom stereocenters. The fraction of sp³-hybridized carbons (Fsp3) is 0.769. The number of piperidine rings is 1. The molecule has 1 aliphatic rings. The van der Waals surface area contributed by atoms with Crippen molar-refractivity contribution in [2.75, 3.05) is 19.6 Å². The molecule has 0 saturated carbocycles. The van der Waals surface area contributed by atoms with Gasteiger partial charge in [0.25, 0.3) is 0 Å². The lowest BCUT2D eigenvalue weighted by atomic mass is 9.94. The van der Waals surface area contributed by atoms with E-state index in [0.717, 1.165) is 0 Å². The second-order valence-electron chi connectivity index (χ2n) is 5.97. The number of alkyl carbamates (subject to hydrolysis) is 1. The van der Waals surface area contributed by atoms with Crippen LogP contribution in [0.15, 0.2) is 0 Å². The summed E-state index contributed by atoms with van der Waals surface area (Å²) in [6, 6.07) is 1.67. The summed E-state index contributed by atoms with van der Waals surface area (Å²) in [5.74, 6) is -1.50. The van der Waals surface area contributed by atoms with E-state index in [-0.39, 0.29) is 12.6 Å². The maximum atomic E-state index is 11.7. The van der Waals surface area contributed by atoms with E-state index in [1.54, 1.807) is 25.7 Å². The third kappa shape index (κ3) is 5.45. The highest BCUT2D eigenvalue weighted by atomic mass is 16.6. The summed E-state index contributed by atoms with van der Waals surface area (Å²) in [7, 11) is 0. The van der Waals surface area contributed by atoms with Crippen LogP contribution in [0.5, 0.6) is 0 Å². The number of nitrogens with one attached hydrogen (secondary N) is 1. The molecule has 1 aliphatic heterocycles. The second-order valence-corrected chi connectivity index (χ2v) is 5.97. The highest BCUT2D eigenvalue weighted by Gasteiger charge is 2.32. The minimum Gasteiger partial charge on any atom is -0.481 e. The maximum Gasteiger partial charge on any atom is 0.407 e. The zero-order valence-electron chi connectivity index (χ0n) is 12.0. The molecule has 112 valence electrons. The smallest absolute Gasteiger partial charge is 0.407 e. The van der Waals surface area contributed by atoms with Gasteiger partial charge >= 0.3 is 12.1 Å². The summed E-state index contributed by atoms with van der Waals surface area (Å²) in [5.41, 5.74) is -0.600. The van der Waals surface area contributed by atoms with Gasteiger partial charge in [-0.15, -0.1) is 0 Å². The van der Waals surface area contributed by atoms with Crippen molar-refractivity contribution in [3.8, 4) is 6.07 Å². The molecule has 2 atom stereocenters. The number of likely N-dealkylation sites (tertiary alicyclic amines) is 1. The van der Waals surface area contributed by atoms with Gasteiger partial charge in [0.05, 0.1) is 18.5 Å². The molecule has 0 aromatic heterocycles. The van der Waals surface area contributed by atoms with E-state index < -0.39 is 23.6 Å². The molecule has 20 heavy (non-hydrogen) atoms. The van der Waals surface area contributed by atoms with Crippen LogP contribution < -0.4 is 5.32 Å². The van der Waals surface area contributed by atoms with E-state index >= 15 is 0 Å². The Bertz CT molecular complexity index is 411. The van der Waals surface area contributed by atoms with Crippen molar-refractivity contribution >= 4 is 12.1 Å². The van der Waals surface area contributed by atoms with E-state index in [2.05, 4.69) is 5.32 Å². The zero-order chi connectivity index (χ0) is 15.3. The van der Waals surface area contributed by atoms with Crippen LogP contribution in [0.2, 0.25) is 0 Å². The van der Waals surface area contributed by atoms with Gasteiger partial charge in [-0.25, -0.2) is 4.79 Å². The molecule has 0 aliphatic carbocycles. The topological polar surface area (TPSA) is 103 Å². The van der Waals surface area contributed by atoms with Gasteiger partial charge in [0.2, 0.25) is 0 Å². The third-order valence-electron chi connectivity index (χ3n) is 2.89. The number of rotatable bonds is 3. The van der Waals surface area contributed by atoms with Gasteiger partial charge in [-0.05, 0) is 27.2 Å². The second kappa shape index (κ2) is 6.57. The van der Waals surface area contributed by atoms with Crippen LogP contribution >= 0.6 is 0 Å². The molecule has 1 heterocycles. The van der Waals surface area contributed by atoms with Gasteiger partial charge in [0, 0.05) is 19.1 Å². The molecule has 7 nitrogen and oxygen atoms in total. The summed E-state index contributed by atoms with van der Waals surface area (Å²) in [6.07, 6.45) is -0.221. The molecule has 0 aromatic carbocycles. The predicted octanol–water partition coefficient (Wildman–Crippen LogP) is 0.810. The van der Waals surface area contributed by atoms with Gasteiger partial charge in [-0.1, -0.05) is 0 Å². The Labute approximate surface area is 118 Å². The first-order chi connectivity index (χ1) is 9.21. The van der Waals surface area contributed by atoms with Gasteiger partial charge in [-0.3, -0.25) is 9.69 Å². The Balaban J connectivity index is 2.61. The largest absolute Gasteiger partial charge is 0.481 e. The summed E-state index contributed by atoms with van der Waals surface area (Å²) >= 11 is 0. The molecule has 2 N–H and O–H groups in total. The fourth-order valence-electron chi connectivity index (χ4n) is 2.18. The van der Waals surface area contributed by atoms with Crippen LogP contribution in [0, 0.1) is 17.2 Å². The number of ether oxygens (including phenoxy) is 1. The van der Waals surface area contributed by atoms with Crippen LogP contribution in [0.4, 0.5) is 4.79 Å². The number of amides is 1. The fourth-order valence-corrected chi connectivity index (χ4v) is 2.18. The molecule has 0 spiro atoms. The van der Waals surface area contributed by atoms with Crippen molar-refractivity contribution in [1.29, 1.82) is 5.26 Å². The van der Waals surface area contributed by atoms with Gasteiger partial charge < -0.3 is 15.2 Å². The molecule has 1 amide bonds. The molecule has 0 bridgehead atoms. The Kier molecular flexibility index (Phi) is 5.34. The lowest BCUT2D eigenvalue weighted by Gasteiger charge is -2.35. The molecule has 0 aromatic rings. The summed E-state index contributed by atoms with van der Waals surface area (Å²) in [4.78, 5) is 24.5. The minimum atomic E-state index is -0.913. The quantitative estimate of drug-likeness (QED) is 0.743. The van der Waals surface area contributed by atoms with E-state index in [4.69, 9.17) is 15.1 Å². The van der Waals surface area contributed by atoms with E-state index in [0.29, 0.717) is 19.5 Å². The molecule has 1 rings (SSSR count). The Morgan fingerprint density at radius 3 is 2.60 bits per heavy atom. The van der Waals surface area contributed by atoms with Crippen LogP contribution in [0.25, 0.3) is 0 Å². The first kappa shape index (κ1) is 16.2. The average molecular weight is 283 g/mol. The monoisotopic (exact) mass is 283 g/mol. The number of aliphatic carboxylic acids is 1. The molecular weight excluding hydrogens is 262 g/mol. The number of nitriles is 1. The lowest BCUT2D eigenvalue weighted by molar-refractivity contribution is -0.143. The van der Waals surface area contributed by atoms with Crippen LogP contribution in [-0.2, 0) is 9.53 Å². The van der Waals surface area contributed by atoms with Gasteiger partial charge in [-0.2, -0.15) is 5.26 Å². The highest BCUT2D eigenvalue weighted by Crippen LogP contribution is 2.17. The standard InChI is InChI=1S/C13H21N3O4/c1-13(2,3)20-12(19)15-10-6-9(11(17)18)7-16(8-10)5-4-14/h9-10H,5-8H2,1-3H3,(H,15,19)(H,17,18). The van der Waals surface area contributed by atoms with Crippen LogP contribution in [0.3, 0.4) is 0 Å². The Morgan fingerprint density at radius 2 is 2.10 bits per heavy atom. The van der Waals surface area contributed by atoms with E-state index in [1.807, 2.05) is 6.07 Å². The van der Waals surface area contributed by atoms with Crippen molar-refractivity contribution in [3.63, 3.8) is 0 Å². The average Bonchev–Trinajstić information content (AvgIpc) is 2.26. The number of carbonyl (C=O) groups is 2. The third-order valence-corrected chi connectivity index (χ3v) is 2.89. The van der Waals surface area contributed by atoms with Gasteiger partial charge in [0.15, 0.2) is 0 Å². The molecular formula is C13H21N3O4. The molecule has 7 heteroatoms. The maximum absolute atomic E-state index is 11.7. The van der Waals surface area contributed by atoms with Crippen molar-refractivity contribution in [2.24, 2.45) is 5.92 Å². The summed E-state index contributed by atoms with van der Waals surface area (Å²) < 4.78 is 5.15. The number of hydrogen-bond donors (Lipinski definition) is 2.